The number of esters is 1. The van der Waals surface area contributed by atoms with E-state index in [2.05, 4.69) is 5.32 Å². The summed E-state index contributed by atoms with van der Waals surface area (Å²) in [6.07, 6.45) is 0. The van der Waals surface area contributed by atoms with E-state index < -0.39 is 57.9 Å². The number of halogens is 2. The first-order chi connectivity index (χ1) is 22.1. The fourth-order valence-corrected chi connectivity index (χ4v) is 8.14. The number of benzene rings is 4. The molecule has 1 aliphatic heterocycles. The van der Waals surface area contributed by atoms with Crippen LogP contribution in [0.3, 0.4) is 0 Å². The summed E-state index contributed by atoms with van der Waals surface area (Å²) in [4.78, 5) is 64.8. The molecule has 8 rings (SSSR count). The molecular formula is C36H26Cl2N2O6. The molecule has 4 aliphatic rings. The zero-order valence-corrected chi connectivity index (χ0v) is 25.9. The van der Waals surface area contributed by atoms with E-state index in [4.69, 9.17) is 27.9 Å². The molecule has 1 fully saturated rings. The highest BCUT2D eigenvalue weighted by Gasteiger charge is 2.73. The van der Waals surface area contributed by atoms with Crippen molar-refractivity contribution in [1.29, 1.82) is 0 Å². The maximum atomic E-state index is 14.1. The smallest absolute Gasteiger partial charge is 0.338 e. The predicted molar refractivity (Wildman–Crippen MR) is 171 cm³/mol. The van der Waals surface area contributed by atoms with Crippen molar-refractivity contribution >= 4 is 58.4 Å². The Labute approximate surface area is 274 Å². The second kappa shape index (κ2) is 10.9. The molecule has 3 aliphatic carbocycles. The Kier molecular flexibility index (Phi) is 7.10. The number of likely N-dealkylation sites (tertiary alicyclic amines) is 1. The van der Waals surface area contributed by atoms with Crippen LogP contribution < -0.4 is 5.32 Å². The maximum Gasteiger partial charge on any atom is 0.338 e. The van der Waals surface area contributed by atoms with Gasteiger partial charge in [0.2, 0.25) is 17.7 Å². The van der Waals surface area contributed by atoms with Crippen molar-refractivity contribution in [1.82, 2.24) is 4.90 Å². The van der Waals surface area contributed by atoms with Gasteiger partial charge in [0.25, 0.3) is 0 Å². The van der Waals surface area contributed by atoms with E-state index in [9.17, 15) is 24.0 Å². The van der Waals surface area contributed by atoms with E-state index in [-0.39, 0.29) is 11.3 Å². The number of nitrogens with one attached hydrogen (secondary N) is 1. The molecule has 0 aromatic heterocycles. The van der Waals surface area contributed by atoms with Crippen LogP contribution in [0.2, 0.25) is 0 Å². The Bertz CT molecular complexity index is 1820. The van der Waals surface area contributed by atoms with Crippen molar-refractivity contribution in [3.8, 4) is 0 Å². The molecule has 8 nitrogen and oxygen atoms in total. The fourth-order valence-electron chi connectivity index (χ4n) is 7.05. The molecule has 4 aromatic rings. The number of carbonyl (C=O) groups excluding carboxylic acids is 5. The third kappa shape index (κ3) is 4.24. The van der Waals surface area contributed by atoms with Crippen molar-refractivity contribution < 1.29 is 28.7 Å². The number of nitrogens with zero attached hydrogens (tertiary/aromatic N) is 1. The number of Topliss-reactive ketones (excluding diaryl/α,β-unsaturated/α-hetero) is 1. The number of alkyl halides is 2. The largest absolute Gasteiger partial charge is 0.454 e. The molecule has 0 saturated carbocycles. The van der Waals surface area contributed by atoms with E-state index in [1.165, 1.54) is 31.2 Å². The summed E-state index contributed by atoms with van der Waals surface area (Å²) in [5.41, 5.74) is 3.64. The summed E-state index contributed by atoms with van der Waals surface area (Å²) in [5, 5.41) is 2.71. The number of rotatable bonds is 7. The minimum Gasteiger partial charge on any atom is -0.454 e. The van der Waals surface area contributed by atoms with Gasteiger partial charge in [-0.05, 0) is 53.4 Å². The topological polar surface area (TPSA) is 110 Å². The number of ether oxygens (including phenoxy) is 1. The molecule has 3 atom stereocenters. The lowest BCUT2D eigenvalue weighted by Gasteiger charge is -2.54. The molecule has 46 heavy (non-hydrogen) atoms. The minimum atomic E-state index is -1.34. The van der Waals surface area contributed by atoms with E-state index >= 15 is 0 Å². The molecule has 1 saturated heterocycles. The van der Waals surface area contributed by atoms with Crippen molar-refractivity contribution in [2.45, 2.75) is 22.7 Å². The lowest BCUT2D eigenvalue weighted by molar-refractivity contribution is -0.146. The molecular weight excluding hydrogens is 627 g/mol. The monoisotopic (exact) mass is 652 g/mol. The fraction of sp³-hybridized carbons (Fsp3) is 0.194. The van der Waals surface area contributed by atoms with E-state index in [1.54, 1.807) is 30.3 Å². The number of ketones is 1. The van der Waals surface area contributed by atoms with Crippen molar-refractivity contribution in [3.63, 3.8) is 0 Å². The summed E-state index contributed by atoms with van der Waals surface area (Å²) >= 11 is 14.9. The van der Waals surface area contributed by atoms with Crippen LogP contribution in [0.1, 0.15) is 49.9 Å². The Morgan fingerprint density at radius 3 is 1.65 bits per heavy atom. The lowest BCUT2D eigenvalue weighted by atomic mass is 9.54. The van der Waals surface area contributed by atoms with E-state index in [0.717, 1.165) is 4.90 Å². The van der Waals surface area contributed by atoms with Crippen LogP contribution in [0, 0.1) is 11.8 Å². The molecule has 0 spiro atoms. The number of hydrogen-bond donors (Lipinski definition) is 1. The van der Waals surface area contributed by atoms with Gasteiger partial charge in [-0.25, -0.2) is 4.79 Å². The first-order valence-corrected chi connectivity index (χ1v) is 15.4. The standard InChI is InChI=1S/C36H26Cl2N2O6/c1-20(31(42)39-23-17-15-22(16-18-23)34(45)46-19-28(41)21-9-3-2-4-10-21)40-32(43)29-30(33(40)44)36(38)25-12-6-5-11-24(25)35(29,37)26-13-7-8-14-27(26)36/h2-18,20,29-30H,19H2,1H3,(H,39,42)/t20-,29-,30+,35?,36?/m1/s1. The third-order valence-corrected chi connectivity index (χ3v) is 10.5. The second-order valence-electron chi connectivity index (χ2n) is 11.6. The second-order valence-corrected chi connectivity index (χ2v) is 12.8. The minimum absolute atomic E-state index is 0.176. The van der Waals surface area contributed by atoms with Gasteiger partial charge in [0.15, 0.2) is 12.4 Å². The van der Waals surface area contributed by atoms with Gasteiger partial charge in [0.05, 0.1) is 17.4 Å². The maximum absolute atomic E-state index is 14.1. The number of imide groups is 1. The number of carbonyl (C=O) groups is 5. The zero-order chi connectivity index (χ0) is 32.4. The van der Waals surface area contributed by atoms with E-state index in [1.807, 2.05) is 48.5 Å². The highest BCUT2D eigenvalue weighted by Crippen LogP contribution is 2.69. The van der Waals surface area contributed by atoms with Gasteiger partial charge >= 0.3 is 5.97 Å². The SMILES string of the molecule is C[C@H](C(=O)Nc1ccc(C(=O)OCC(=O)c2ccccc2)cc1)N1C(=O)[C@@H]2[C@H](C1=O)C1(Cl)c3ccccc3C2(Cl)c2ccccc21. The molecule has 2 bridgehead atoms. The van der Waals surface area contributed by atoms with Crippen molar-refractivity contribution in [2.75, 3.05) is 11.9 Å². The van der Waals surface area contributed by atoms with Crippen LogP contribution in [0.25, 0.3) is 0 Å². The van der Waals surface area contributed by atoms with Gasteiger partial charge < -0.3 is 10.1 Å². The number of anilines is 1. The molecule has 0 radical (unpaired) electrons. The van der Waals surface area contributed by atoms with Crippen LogP contribution in [0.5, 0.6) is 0 Å². The Morgan fingerprint density at radius 2 is 1.17 bits per heavy atom. The van der Waals surface area contributed by atoms with Crippen LogP contribution in [0.4, 0.5) is 5.69 Å². The Morgan fingerprint density at radius 1 is 0.717 bits per heavy atom. The molecule has 1 N–H and O–H groups in total. The lowest BCUT2D eigenvalue weighted by Crippen LogP contribution is -2.57. The highest BCUT2D eigenvalue weighted by molar-refractivity contribution is 6.36. The summed E-state index contributed by atoms with van der Waals surface area (Å²) in [5.74, 6) is -4.81. The van der Waals surface area contributed by atoms with Crippen LogP contribution in [-0.2, 0) is 28.9 Å². The predicted octanol–water partition coefficient (Wildman–Crippen LogP) is 5.65. The average Bonchev–Trinajstić information content (AvgIpc) is 3.36. The van der Waals surface area contributed by atoms with Gasteiger partial charge in [-0.3, -0.25) is 24.1 Å². The van der Waals surface area contributed by atoms with Crippen molar-refractivity contribution in [2.24, 2.45) is 11.8 Å². The third-order valence-electron chi connectivity index (χ3n) is 9.20. The summed E-state index contributed by atoms with van der Waals surface area (Å²) in [6.45, 7) is 1.06. The Balaban J connectivity index is 1.09. The molecule has 0 unspecified atom stereocenters. The van der Waals surface area contributed by atoms with E-state index in [0.29, 0.717) is 33.5 Å². The quantitative estimate of drug-likeness (QED) is 0.120. The normalized spacial score (nSPS) is 24.5. The highest BCUT2D eigenvalue weighted by atomic mass is 35.5. The van der Waals surface area contributed by atoms with Crippen molar-refractivity contribution in [3.05, 3.63) is 137 Å². The van der Waals surface area contributed by atoms with Gasteiger partial charge in [-0.2, -0.15) is 0 Å². The first kappa shape index (κ1) is 29.9. The van der Waals surface area contributed by atoms with Crippen LogP contribution in [0.15, 0.2) is 103 Å². The molecule has 230 valence electrons. The summed E-state index contributed by atoms with van der Waals surface area (Å²) < 4.78 is 5.15. The molecule has 4 aromatic carbocycles. The average molecular weight is 654 g/mol. The molecule has 10 heteroatoms. The molecule has 3 amide bonds. The number of hydrogen-bond acceptors (Lipinski definition) is 6. The Hall–Kier alpha value is -4.79. The van der Waals surface area contributed by atoms with Gasteiger partial charge in [-0.15, -0.1) is 23.2 Å². The number of amides is 3. The molecule has 1 heterocycles. The zero-order valence-electron chi connectivity index (χ0n) is 24.4. The van der Waals surface area contributed by atoms with Gasteiger partial charge in [0, 0.05) is 11.3 Å². The summed E-state index contributed by atoms with van der Waals surface area (Å²) in [7, 11) is 0. The van der Waals surface area contributed by atoms with Crippen LogP contribution in [-0.4, -0.2) is 47.0 Å². The van der Waals surface area contributed by atoms with Gasteiger partial charge in [0.1, 0.15) is 15.8 Å². The van der Waals surface area contributed by atoms with Crippen LogP contribution >= 0.6 is 23.2 Å². The van der Waals surface area contributed by atoms with Gasteiger partial charge in [-0.1, -0.05) is 78.9 Å². The summed E-state index contributed by atoms with van der Waals surface area (Å²) in [6, 6.07) is 27.8. The first-order valence-electron chi connectivity index (χ1n) is 14.7.